The summed E-state index contributed by atoms with van der Waals surface area (Å²) in [6, 6.07) is 26.6. The van der Waals surface area contributed by atoms with Gasteiger partial charge in [0.05, 0.1) is 34.1 Å². The molecule has 0 spiro atoms. The molecule has 0 fully saturated rings. The zero-order chi connectivity index (χ0) is 21.5. The van der Waals surface area contributed by atoms with Crippen molar-refractivity contribution in [1.82, 2.24) is 9.97 Å². The Morgan fingerprint density at radius 2 is 1.52 bits per heavy atom. The van der Waals surface area contributed by atoms with Crippen molar-refractivity contribution < 1.29 is 4.57 Å². The van der Waals surface area contributed by atoms with Crippen molar-refractivity contribution >= 4 is 21.9 Å². The first-order valence-corrected chi connectivity index (χ1v) is 10.3. The van der Waals surface area contributed by atoms with Crippen LogP contribution in [0.2, 0.25) is 0 Å². The summed E-state index contributed by atoms with van der Waals surface area (Å²) in [4.78, 5) is 9.69. The van der Waals surface area contributed by atoms with Gasteiger partial charge in [-0.15, -0.1) is 0 Å². The third-order valence-electron chi connectivity index (χ3n) is 5.78. The summed E-state index contributed by atoms with van der Waals surface area (Å²) in [5.74, 6) is 0. The van der Waals surface area contributed by atoms with E-state index in [1.807, 2.05) is 55.5 Å². The van der Waals surface area contributed by atoms with E-state index in [4.69, 9.17) is 9.97 Å². The molecule has 3 aromatic carbocycles. The summed E-state index contributed by atoms with van der Waals surface area (Å²) in [5.41, 5.74) is 9.17. The van der Waals surface area contributed by atoms with Gasteiger partial charge in [0.15, 0.2) is 5.69 Å². The number of hydrogen-bond acceptors (Lipinski definition) is 3. The van der Waals surface area contributed by atoms with Crippen molar-refractivity contribution in [2.75, 3.05) is 0 Å². The molecule has 0 N–H and O–H groups in total. The van der Waals surface area contributed by atoms with Crippen LogP contribution in [0.5, 0.6) is 0 Å². The number of aromatic nitrogens is 3. The number of rotatable bonds is 2. The number of pyridine rings is 1. The monoisotopic (exact) mass is 401 g/mol. The highest BCUT2D eigenvalue weighted by molar-refractivity contribution is 5.81. The SMILES string of the molecule is Cc1nc2ccccc2nc1-c1cc(C#N)cc(-[n+]2c(C)ccc3ccccc32)c1C. The Kier molecular flexibility index (Phi) is 4.45. The zero-order valence-electron chi connectivity index (χ0n) is 17.7. The van der Waals surface area contributed by atoms with Crippen molar-refractivity contribution in [3.63, 3.8) is 0 Å². The van der Waals surface area contributed by atoms with E-state index in [2.05, 4.69) is 48.7 Å². The van der Waals surface area contributed by atoms with Gasteiger partial charge < -0.3 is 0 Å². The highest BCUT2D eigenvalue weighted by Gasteiger charge is 2.23. The van der Waals surface area contributed by atoms with Crippen LogP contribution < -0.4 is 4.57 Å². The predicted octanol–water partition coefficient (Wildman–Crippen LogP) is 5.52. The van der Waals surface area contributed by atoms with E-state index in [1.54, 1.807) is 0 Å². The highest BCUT2D eigenvalue weighted by atomic mass is 15.0. The van der Waals surface area contributed by atoms with E-state index in [0.29, 0.717) is 5.56 Å². The summed E-state index contributed by atoms with van der Waals surface area (Å²) < 4.78 is 2.22. The van der Waals surface area contributed by atoms with E-state index >= 15 is 0 Å². The second-order valence-electron chi connectivity index (χ2n) is 7.80. The Bertz CT molecular complexity index is 1530. The van der Waals surface area contributed by atoms with E-state index in [9.17, 15) is 5.26 Å². The van der Waals surface area contributed by atoms with Gasteiger partial charge in [-0.1, -0.05) is 24.3 Å². The minimum Gasteiger partial charge on any atom is -0.249 e. The molecule has 0 radical (unpaired) electrons. The Labute approximate surface area is 181 Å². The molecule has 0 saturated carbocycles. The molecule has 0 amide bonds. The lowest BCUT2D eigenvalue weighted by atomic mass is 9.98. The highest BCUT2D eigenvalue weighted by Crippen LogP contribution is 2.30. The molecule has 31 heavy (non-hydrogen) atoms. The molecule has 2 aromatic heterocycles. The van der Waals surface area contributed by atoms with Crippen LogP contribution in [0.3, 0.4) is 0 Å². The van der Waals surface area contributed by atoms with Crippen molar-refractivity contribution in [1.29, 1.82) is 5.26 Å². The maximum Gasteiger partial charge on any atom is 0.218 e. The molecule has 5 aromatic rings. The van der Waals surface area contributed by atoms with E-state index < -0.39 is 0 Å². The number of nitrogens with zero attached hydrogens (tertiary/aromatic N) is 4. The fraction of sp³-hybridized carbons (Fsp3) is 0.111. The summed E-state index contributed by atoms with van der Waals surface area (Å²) >= 11 is 0. The van der Waals surface area contributed by atoms with Crippen LogP contribution in [0.15, 0.2) is 72.8 Å². The first-order chi connectivity index (χ1) is 15.1. The molecule has 0 aliphatic carbocycles. The molecule has 5 rings (SSSR count). The molecule has 4 nitrogen and oxygen atoms in total. The van der Waals surface area contributed by atoms with Gasteiger partial charge >= 0.3 is 0 Å². The molecule has 0 unspecified atom stereocenters. The second kappa shape index (κ2) is 7.30. The van der Waals surface area contributed by atoms with Crippen molar-refractivity contribution in [2.45, 2.75) is 20.8 Å². The molecule has 148 valence electrons. The topological polar surface area (TPSA) is 53.5 Å². The third kappa shape index (κ3) is 3.12. The van der Waals surface area contributed by atoms with E-state index in [-0.39, 0.29) is 0 Å². The number of para-hydroxylation sites is 3. The first kappa shape index (κ1) is 18.9. The van der Waals surface area contributed by atoms with Crippen LogP contribution >= 0.6 is 0 Å². The second-order valence-corrected chi connectivity index (χ2v) is 7.80. The van der Waals surface area contributed by atoms with Gasteiger partial charge in [0.25, 0.3) is 0 Å². The molecule has 0 aliphatic heterocycles. The van der Waals surface area contributed by atoms with E-state index in [0.717, 1.165) is 55.8 Å². The minimum absolute atomic E-state index is 0.602. The minimum atomic E-state index is 0.602. The van der Waals surface area contributed by atoms with Crippen LogP contribution in [0.1, 0.15) is 22.5 Å². The number of hydrogen-bond donors (Lipinski definition) is 0. The lowest BCUT2D eigenvalue weighted by molar-refractivity contribution is -0.574. The number of nitriles is 1. The Hall–Kier alpha value is -4.10. The quantitative estimate of drug-likeness (QED) is 0.366. The Morgan fingerprint density at radius 1 is 0.806 bits per heavy atom. The van der Waals surface area contributed by atoms with Crippen LogP contribution in [0.4, 0.5) is 0 Å². The van der Waals surface area contributed by atoms with Crippen LogP contribution in [-0.4, -0.2) is 9.97 Å². The summed E-state index contributed by atoms with van der Waals surface area (Å²) in [5, 5.41) is 11.0. The molecule has 0 aliphatic rings. The lowest BCUT2D eigenvalue weighted by Crippen LogP contribution is -2.36. The molecular weight excluding hydrogens is 380 g/mol. The Morgan fingerprint density at radius 3 is 2.29 bits per heavy atom. The number of benzene rings is 3. The standard InChI is InChI=1S/C27H21N4/c1-17-12-13-21-8-4-7-11-25(21)31(17)26-15-20(16-28)14-22(18(26)2)27-19(3)29-23-9-5-6-10-24(23)30-27/h4-15H,1-3H3/q+1. The van der Waals surface area contributed by atoms with Crippen molar-refractivity contribution in [2.24, 2.45) is 0 Å². The fourth-order valence-electron chi connectivity index (χ4n) is 4.21. The molecule has 0 bridgehead atoms. The molecule has 4 heteroatoms. The van der Waals surface area contributed by atoms with Crippen molar-refractivity contribution in [3.8, 4) is 23.0 Å². The zero-order valence-corrected chi connectivity index (χ0v) is 17.7. The first-order valence-electron chi connectivity index (χ1n) is 10.3. The lowest BCUT2D eigenvalue weighted by Gasteiger charge is -2.13. The van der Waals surface area contributed by atoms with Crippen LogP contribution in [-0.2, 0) is 0 Å². The predicted molar refractivity (Wildman–Crippen MR) is 123 cm³/mol. The number of aryl methyl sites for hydroxylation is 2. The van der Waals surface area contributed by atoms with Crippen molar-refractivity contribution in [3.05, 3.63) is 95.3 Å². The fourth-order valence-corrected chi connectivity index (χ4v) is 4.21. The van der Waals surface area contributed by atoms with Gasteiger partial charge in [0.1, 0.15) is 0 Å². The maximum atomic E-state index is 9.80. The normalized spacial score (nSPS) is 11.0. The maximum absolute atomic E-state index is 9.80. The summed E-state index contributed by atoms with van der Waals surface area (Å²) in [6.07, 6.45) is 0. The third-order valence-corrected chi connectivity index (χ3v) is 5.78. The molecule has 2 heterocycles. The number of fused-ring (bicyclic) bond motifs is 2. The Balaban J connectivity index is 1.85. The van der Waals surface area contributed by atoms with E-state index in [1.165, 1.54) is 0 Å². The van der Waals surface area contributed by atoms with Gasteiger partial charge in [-0.3, -0.25) is 0 Å². The molecular formula is C27H21N4+. The van der Waals surface area contributed by atoms with Crippen LogP contribution in [0, 0.1) is 32.1 Å². The summed E-state index contributed by atoms with van der Waals surface area (Å²) in [6.45, 7) is 6.16. The van der Waals surface area contributed by atoms with Gasteiger partial charge in [-0.05, 0) is 44.2 Å². The molecule has 0 saturated heterocycles. The van der Waals surface area contributed by atoms with Gasteiger partial charge in [0.2, 0.25) is 11.2 Å². The van der Waals surface area contributed by atoms with Gasteiger partial charge in [0, 0.05) is 41.6 Å². The average Bonchev–Trinajstić information content (AvgIpc) is 2.79. The van der Waals surface area contributed by atoms with Crippen LogP contribution in [0.25, 0.3) is 38.9 Å². The van der Waals surface area contributed by atoms with Gasteiger partial charge in [-0.2, -0.15) is 9.83 Å². The average molecular weight is 401 g/mol. The van der Waals surface area contributed by atoms with Gasteiger partial charge in [-0.25, -0.2) is 9.97 Å². The largest absolute Gasteiger partial charge is 0.249 e. The summed E-state index contributed by atoms with van der Waals surface area (Å²) in [7, 11) is 0. The smallest absolute Gasteiger partial charge is 0.218 e. The molecule has 0 atom stereocenters.